The first-order valence-corrected chi connectivity index (χ1v) is 8.98. The van der Waals surface area contributed by atoms with Crippen molar-refractivity contribution in [2.45, 2.75) is 6.04 Å². The summed E-state index contributed by atoms with van der Waals surface area (Å²) >= 11 is 6.71. The molecular formula is C16H12BrNOS2. The van der Waals surface area contributed by atoms with Crippen molar-refractivity contribution in [1.29, 1.82) is 0 Å². The summed E-state index contributed by atoms with van der Waals surface area (Å²) in [6.45, 7) is 0. The van der Waals surface area contributed by atoms with E-state index >= 15 is 0 Å². The molecule has 0 spiro atoms. The van der Waals surface area contributed by atoms with Crippen molar-refractivity contribution in [1.82, 2.24) is 5.32 Å². The van der Waals surface area contributed by atoms with Crippen molar-refractivity contribution in [3.05, 3.63) is 79.1 Å². The molecule has 106 valence electrons. The molecule has 0 bridgehead atoms. The number of nitrogens with one attached hydrogen (secondary N) is 1. The zero-order valence-electron chi connectivity index (χ0n) is 11.0. The smallest absolute Gasteiger partial charge is 0.253 e. The first-order valence-electron chi connectivity index (χ1n) is 6.36. The predicted octanol–water partition coefficient (Wildman–Crippen LogP) is 5.09. The molecule has 0 radical (unpaired) electrons. The molecule has 2 nitrogen and oxygen atoms in total. The van der Waals surface area contributed by atoms with E-state index < -0.39 is 0 Å². The molecule has 0 aliphatic carbocycles. The van der Waals surface area contributed by atoms with E-state index in [1.54, 1.807) is 22.7 Å². The van der Waals surface area contributed by atoms with Gasteiger partial charge in [0, 0.05) is 9.35 Å². The van der Waals surface area contributed by atoms with Gasteiger partial charge in [0.25, 0.3) is 5.91 Å². The number of benzene rings is 1. The van der Waals surface area contributed by atoms with Crippen LogP contribution < -0.4 is 5.32 Å². The Morgan fingerprint density at radius 1 is 1.10 bits per heavy atom. The van der Waals surface area contributed by atoms with Gasteiger partial charge >= 0.3 is 0 Å². The Kier molecular flexibility index (Phi) is 4.53. The summed E-state index contributed by atoms with van der Waals surface area (Å²) < 4.78 is 0.803. The summed E-state index contributed by atoms with van der Waals surface area (Å²) in [6, 6.07) is 13.5. The molecule has 3 aromatic rings. The Hall–Kier alpha value is -1.43. The second kappa shape index (κ2) is 6.56. The van der Waals surface area contributed by atoms with E-state index in [2.05, 4.69) is 32.7 Å². The predicted molar refractivity (Wildman–Crippen MR) is 92.1 cm³/mol. The van der Waals surface area contributed by atoms with Crippen LogP contribution in [0.3, 0.4) is 0 Å². The molecule has 3 rings (SSSR count). The van der Waals surface area contributed by atoms with E-state index in [-0.39, 0.29) is 11.9 Å². The third-order valence-electron chi connectivity index (χ3n) is 3.10. The Balaban J connectivity index is 1.89. The quantitative estimate of drug-likeness (QED) is 0.673. The zero-order chi connectivity index (χ0) is 14.7. The summed E-state index contributed by atoms with van der Waals surface area (Å²) in [6.07, 6.45) is 0. The fourth-order valence-electron chi connectivity index (χ4n) is 2.07. The molecular weight excluding hydrogens is 366 g/mol. The average Bonchev–Trinajstić information content (AvgIpc) is 3.18. The normalized spacial score (nSPS) is 12.0. The second-order valence-electron chi connectivity index (χ2n) is 4.46. The van der Waals surface area contributed by atoms with Gasteiger partial charge < -0.3 is 5.32 Å². The molecule has 0 aliphatic rings. The number of hydrogen-bond donors (Lipinski definition) is 1. The molecule has 1 aromatic carbocycles. The summed E-state index contributed by atoms with van der Waals surface area (Å²) in [4.78, 5) is 13.7. The Morgan fingerprint density at radius 3 is 2.62 bits per heavy atom. The number of carbonyl (C=O) groups is 1. The summed E-state index contributed by atoms with van der Waals surface area (Å²) in [7, 11) is 0. The van der Waals surface area contributed by atoms with Gasteiger partial charge in [-0.25, -0.2) is 0 Å². The summed E-state index contributed by atoms with van der Waals surface area (Å²) in [5, 5.41) is 9.26. The summed E-state index contributed by atoms with van der Waals surface area (Å²) in [5.41, 5.74) is 1.76. The van der Waals surface area contributed by atoms with E-state index in [9.17, 15) is 4.79 Å². The first-order chi connectivity index (χ1) is 10.3. The monoisotopic (exact) mass is 377 g/mol. The van der Waals surface area contributed by atoms with Crippen LogP contribution in [0.4, 0.5) is 0 Å². The minimum Gasteiger partial charge on any atom is -0.340 e. The second-order valence-corrected chi connectivity index (χ2v) is 7.07. The Bertz CT molecular complexity index is 688. The molecule has 2 heterocycles. The van der Waals surface area contributed by atoms with Crippen LogP contribution >= 0.6 is 38.6 Å². The highest BCUT2D eigenvalue weighted by Crippen LogP contribution is 2.28. The molecule has 0 saturated heterocycles. The number of thiophene rings is 2. The fourth-order valence-corrected chi connectivity index (χ4v) is 4.02. The van der Waals surface area contributed by atoms with Crippen molar-refractivity contribution >= 4 is 44.5 Å². The lowest BCUT2D eigenvalue weighted by molar-refractivity contribution is 0.0943. The molecule has 5 heteroatoms. The van der Waals surface area contributed by atoms with Gasteiger partial charge in [-0.3, -0.25) is 4.79 Å². The van der Waals surface area contributed by atoms with E-state index in [4.69, 9.17) is 0 Å². The van der Waals surface area contributed by atoms with Gasteiger partial charge in [-0.05, 0) is 61.9 Å². The number of carbonyl (C=O) groups excluding carboxylic acids is 1. The third kappa shape index (κ3) is 3.26. The maximum Gasteiger partial charge on any atom is 0.253 e. The summed E-state index contributed by atoms with van der Waals surface area (Å²) in [5.74, 6) is -0.0768. The SMILES string of the molecule is O=C(NC(c1ccsc1)c1cccs1)c1ccccc1Br. The van der Waals surface area contributed by atoms with Gasteiger partial charge in [0.1, 0.15) is 0 Å². The highest BCUT2D eigenvalue weighted by Gasteiger charge is 2.20. The number of hydrogen-bond acceptors (Lipinski definition) is 3. The van der Waals surface area contributed by atoms with Crippen molar-refractivity contribution in [2.75, 3.05) is 0 Å². The highest BCUT2D eigenvalue weighted by molar-refractivity contribution is 9.10. The van der Waals surface area contributed by atoms with Gasteiger partial charge in [-0.2, -0.15) is 11.3 Å². The van der Waals surface area contributed by atoms with E-state index in [1.807, 2.05) is 47.2 Å². The largest absolute Gasteiger partial charge is 0.340 e. The van der Waals surface area contributed by atoms with Crippen LogP contribution in [-0.2, 0) is 0 Å². The number of rotatable bonds is 4. The van der Waals surface area contributed by atoms with Crippen LogP contribution in [0.1, 0.15) is 26.8 Å². The van der Waals surface area contributed by atoms with Crippen molar-refractivity contribution in [2.24, 2.45) is 0 Å². The number of amides is 1. The fraction of sp³-hybridized carbons (Fsp3) is 0.0625. The zero-order valence-corrected chi connectivity index (χ0v) is 14.2. The van der Waals surface area contributed by atoms with Crippen molar-refractivity contribution in [3.8, 4) is 0 Å². The van der Waals surface area contributed by atoms with Crippen molar-refractivity contribution < 1.29 is 4.79 Å². The topological polar surface area (TPSA) is 29.1 Å². The lowest BCUT2D eigenvalue weighted by Gasteiger charge is -2.17. The van der Waals surface area contributed by atoms with Crippen LogP contribution in [0.2, 0.25) is 0 Å². The molecule has 0 fully saturated rings. The average molecular weight is 378 g/mol. The van der Waals surface area contributed by atoms with Crippen LogP contribution in [0.15, 0.2) is 63.1 Å². The van der Waals surface area contributed by atoms with E-state index in [0.29, 0.717) is 5.56 Å². The van der Waals surface area contributed by atoms with Gasteiger partial charge in [0.15, 0.2) is 0 Å². The molecule has 21 heavy (non-hydrogen) atoms. The first kappa shape index (κ1) is 14.5. The van der Waals surface area contributed by atoms with Crippen LogP contribution in [0.25, 0.3) is 0 Å². The molecule has 0 saturated carbocycles. The molecule has 1 N–H and O–H groups in total. The Labute approximate surface area is 139 Å². The van der Waals surface area contributed by atoms with E-state index in [0.717, 1.165) is 14.9 Å². The lowest BCUT2D eigenvalue weighted by atomic mass is 10.1. The van der Waals surface area contributed by atoms with Crippen LogP contribution in [0, 0.1) is 0 Å². The van der Waals surface area contributed by atoms with Crippen LogP contribution in [-0.4, -0.2) is 5.91 Å². The number of halogens is 1. The molecule has 1 unspecified atom stereocenters. The Morgan fingerprint density at radius 2 is 1.95 bits per heavy atom. The standard InChI is InChI=1S/C16H12BrNOS2/c17-13-5-2-1-4-12(13)16(19)18-15(11-7-9-20-10-11)14-6-3-8-21-14/h1-10,15H,(H,18,19). The minimum atomic E-state index is -0.101. The highest BCUT2D eigenvalue weighted by atomic mass is 79.9. The van der Waals surface area contributed by atoms with Crippen molar-refractivity contribution in [3.63, 3.8) is 0 Å². The molecule has 1 atom stereocenters. The molecule has 1 amide bonds. The maximum atomic E-state index is 12.5. The minimum absolute atomic E-state index is 0.0768. The van der Waals surface area contributed by atoms with E-state index in [1.165, 1.54) is 0 Å². The maximum absolute atomic E-state index is 12.5. The van der Waals surface area contributed by atoms with Gasteiger partial charge in [0.05, 0.1) is 11.6 Å². The third-order valence-corrected chi connectivity index (χ3v) is 5.43. The van der Waals surface area contributed by atoms with Gasteiger partial charge in [-0.15, -0.1) is 11.3 Å². The van der Waals surface area contributed by atoms with Gasteiger partial charge in [0.2, 0.25) is 0 Å². The lowest BCUT2D eigenvalue weighted by Crippen LogP contribution is -2.28. The van der Waals surface area contributed by atoms with Gasteiger partial charge in [-0.1, -0.05) is 18.2 Å². The van der Waals surface area contributed by atoms with Crippen LogP contribution in [0.5, 0.6) is 0 Å². The molecule has 2 aromatic heterocycles. The molecule has 0 aliphatic heterocycles.